The van der Waals surface area contributed by atoms with Crippen molar-refractivity contribution in [3.05, 3.63) is 29.8 Å². The summed E-state index contributed by atoms with van der Waals surface area (Å²) in [5.41, 5.74) is 1.13. The van der Waals surface area contributed by atoms with Crippen molar-refractivity contribution in [3.63, 3.8) is 0 Å². The first-order chi connectivity index (χ1) is 13.2. The fourth-order valence-electron chi connectivity index (χ4n) is 3.72. The number of ether oxygens (including phenoxy) is 1. The van der Waals surface area contributed by atoms with E-state index >= 15 is 0 Å². The Bertz CT molecular complexity index is 769. The minimum atomic E-state index is 0.0219. The van der Waals surface area contributed by atoms with E-state index in [-0.39, 0.29) is 11.9 Å². The Hall–Kier alpha value is -2.09. The van der Waals surface area contributed by atoms with Crippen LogP contribution >= 0.6 is 11.8 Å². The van der Waals surface area contributed by atoms with E-state index in [9.17, 15) is 4.79 Å². The number of tetrazole rings is 1. The van der Waals surface area contributed by atoms with E-state index in [1.54, 1.807) is 7.11 Å². The second-order valence-corrected chi connectivity index (χ2v) is 8.23. The van der Waals surface area contributed by atoms with Crippen LogP contribution in [0.15, 0.2) is 29.4 Å². The second-order valence-electron chi connectivity index (χ2n) is 7.29. The molecular weight excluding hydrogens is 362 g/mol. The number of aromatic nitrogens is 4. The summed E-state index contributed by atoms with van der Waals surface area (Å²) in [6.07, 6.45) is 6.99. The van der Waals surface area contributed by atoms with Crippen molar-refractivity contribution in [1.29, 1.82) is 0 Å². The maximum atomic E-state index is 12.6. The van der Waals surface area contributed by atoms with Gasteiger partial charge in [0.1, 0.15) is 5.75 Å². The summed E-state index contributed by atoms with van der Waals surface area (Å²) in [6, 6.07) is 8.41. The van der Waals surface area contributed by atoms with Crippen molar-refractivity contribution >= 4 is 17.7 Å². The van der Waals surface area contributed by atoms with Crippen LogP contribution in [-0.4, -0.2) is 39.0 Å². The van der Waals surface area contributed by atoms with Crippen LogP contribution in [0.2, 0.25) is 0 Å². The largest absolute Gasteiger partial charge is 0.497 e. The van der Waals surface area contributed by atoms with E-state index in [1.807, 2.05) is 28.9 Å². The predicted octanol–water partition coefficient (Wildman–Crippen LogP) is 3.16. The maximum Gasteiger partial charge on any atom is 0.230 e. The molecule has 1 aromatic heterocycles. The van der Waals surface area contributed by atoms with E-state index in [0.29, 0.717) is 17.7 Å². The fraction of sp³-hybridized carbons (Fsp3) is 0.579. The molecule has 0 saturated heterocycles. The molecule has 27 heavy (non-hydrogen) atoms. The lowest BCUT2D eigenvalue weighted by molar-refractivity contribution is -0.119. The van der Waals surface area contributed by atoms with Gasteiger partial charge in [0.15, 0.2) is 0 Å². The van der Waals surface area contributed by atoms with Gasteiger partial charge in [-0.15, -0.1) is 5.10 Å². The molecule has 2 aromatic rings. The number of rotatable bonds is 8. The highest BCUT2D eigenvalue weighted by Crippen LogP contribution is 2.41. The Balaban J connectivity index is 1.35. The number of methoxy groups -OCH3 is 1. The molecule has 0 aliphatic heterocycles. The Morgan fingerprint density at radius 1 is 1.26 bits per heavy atom. The highest BCUT2D eigenvalue weighted by molar-refractivity contribution is 7.99. The lowest BCUT2D eigenvalue weighted by Gasteiger charge is -2.19. The summed E-state index contributed by atoms with van der Waals surface area (Å²) in [5.74, 6) is 1.70. The molecule has 1 unspecified atom stereocenters. The molecule has 8 heteroatoms. The fourth-order valence-corrected chi connectivity index (χ4v) is 4.47. The lowest BCUT2D eigenvalue weighted by atomic mass is 10.0. The summed E-state index contributed by atoms with van der Waals surface area (Å²) >= 11 is 1.42. The summed E-state index contributed by atoms with van der Waals surface area (Å²) < 4.78 is 7.12. The number of amides is 1. The van der Waals surface area contributed by atoms with Gasteiger partial charge in [0.2, 0.25) is 11.1 Å². The van der Waals surface area contributed by atoms with Gasteiger partial charge in [0, 0.05) is 0 Å². The number of nitrogens with zero attached hydrogens (tertiary/aromatic N) is 4. The Kier molecular flexibility index (Phi) is 5.61. The number of nitrogens with one attached hydrogen (secondary N) is 1. The number of thioether (sulfide) groups is 1. The smallest absolute Gasteiger partial charge is 0.230 e. The van der Waals surface area contributed by atoms with Crippen LogP contribution in [0.25, 0.3) is 0 Å². The lowest BCUT2D eigenvalue weighted by Crippen LogP contribution is -2.31. The summed E-state index contributed by atoms with van der Waals surface area (Å²) in [6.45, 7) is 0. The predicted molar refractivity (Wildman–Crippen MR) is 103 cm³/mol. The SMILES string of the molecule is COc1ccc(C(NC(=O)CSc2nnnn2C2CCCC2)C2CC2)cc1. The average Bonchev–Trinajstić information content (AvgIpc) is 3.19. The van der Waals surface area contributed by atoms with Crippen LogP contribution in [0.1, 0.15) is 56.2 Å². The Morgan fingerprint density at radius 3 is 2.67 bits per heavy atom. The zero-order chi connectivity index (χ0) is 18.6. The summed E-state index contributed by atoms with van der Waals surface area (Å²) in [4.78, 5) is 12.6. The molecular formula is C19H25N5O2S. The van der Waals surface area contributed by atoms with Crippen LogP contribution in [0.5, 0.6) is 5.75 Å². The molecule has 7 nitrogen and oxygen atoms in total. The third-order valence-corrected chi connectivity index (χ3v) is 6.28. The molecule has 0 bridgehead atoms. The van der Waals surface area contributed by atoms with E-state index < -0.39 is 0 Å². The third kappa shape index (κ3) is 4.43. The van der Waals surface area contributed by atoms with Gasteiger partial charge in [-0.1, -0.05) is 36.7 Å². The molecule has 1 heterocycles. The van der Waals surface area contributed by atoms with Gasteiger partial charge >= 0.3 is 0 Å². The van der Waals surface area contributed by atoms with Crippen LogP contribution in [-0.2, 0) is 4.79 Å². The highest BCUT2D eigenvalue weighted by Gasteiger charge is 2.33. The average molecular weight is 388 g/mol. The van der Waals surface area contributed by atoms with Crippen LogP contribution in [0.4, 0.5) is 0 Å². The first-order valence-electron chi connectivity index (χ1n) is 9.58. The standard InChI is InChI=1S/C19H25N5O2S/c1-26-16-10-8-14(9-11-16)18(13-6-7-13)20-17(25)12-27-19-21-22-23-24(19)15-4-2-3-5-15/h8-11,13,15,18H,2-7,12H2,1H3,(H,20,25). The molecule has 2 aliphatic rings. The number of carbonyl (C=O) groups is 1. The maximum absolute atomic E-state index is 12.6. The quantitative estimate of drug-likeness (QED) is 0.701. The van der Waals surface area contributed by atoms with Gasteiger partial charge in [-0.25, -0.2) is 4.68 Å². The Morgan fingerprint density at radius 2 is 2.00 bits per heavy atom. The summed E-state index contributed by atoms with van der Waals surface area (Å²) in [5, 5.41) is 16.0. The van der Waals surface area contributed by atoms with Gasteiger partial charge in [-0.2, -0.15) is 0 Å². The second kappa shape index (κ2) is 8.29. The molecule has 1 N–H and O–H groups in total. The minimum absolute atomic E-state index is 0.0219. The molecule has 2 saturated carbocycles. The first kappa shape index (κ1) is 18.3. The minimum Gasteiger partial charge on any atom is -0.497 e. The number of carbonyl (C=O) groups excluding carboxylic acids is 1. The molecule has 4 rings (SSSR count). The first-order valence-corrected chi connectivity index (χ1v) is 10.6. The molecule has 1 amide bonds. The van der Waals surface area contributed by atoms with Gasteiger partial charge in [0.05, 0.1) is 24.9 Å². The Labute approximate surface area is 163 Å². The number of benzene rings is 1. The van der Waals surface area contributed by atoms with Crippen molar-refractivity contribution in [2.45, 2.75) is 55.8 Å². The van der Waals surface area contributed by atoms with Crippen LogP contribution in [0.3, 0.4) is 0 Å². The van der Waals surface area contributed by atoms with Crippen molar-refractivity contribution in [3.8, 4) is 5.75 Å². The normalized spacial score (nSPS) is 18.4. The molecule has 0 radical (unpaired) electrons. The van der Waals surface area contributed by atoms with Crippen molar-refractivity contribution < 1.29 is 9.53 Å². The third-order valence-electron chi connectivity index (χ3n) is 5.35. The zero-order valence-corrected chi connectivity index (χ0v) is 16.3. The van der Waals surface area contributed by atoms with Gasteiger partial charge in [-0.05, 0) is 59.7 Å². The van der Waals surface area contributed by atoms with E-state index in [4.69, 9.17) is 4.74 Å². The zero-order valence-electron chi connectivity index (χ0n) is 15.5. The van der Waals surface area contributed by atoms with Gasteiger partial charge < -0.3 is 10.1 Å². The van der Waals surface area contributed by atoms with Crippen molar-refractivity contribution in [2.24, 2.45) is 5.92 Å². The van der Waals surface area contributed by atoms with Crippen LogP contribution in [0, 0.1) is 5.92 Å². The summed E-state index contributed by atoms with van der Waals surface area (Å²) in [7, 11) is 1.66. The molecule has 2 aliphatic carbocycles. The number of hydrogen-bond acceptors (Lipinski definition) is 6. The van der Waals surface area contributed by atoms with Crippen molar-refractivity contribution in [1.82, 2.24) is 25.5 Å². The molecule has 144 valence electrons. The molecule has 0 spiro atoms. The monoisotopic (exact) mass is 387 g/mol. The molecule has 1 aromatic carbocycles. The van der Waals surface area contributed by atoms with Gasteiger partial charge in [-0.3, -0.25) is 4.79 Å². The van der Waals surface area contributed by atoms with E-state index in [2.05, 4.69) is 20.8 Å². The van der Waals surface area contributed by atoms with E-state index in [1.165, 1.54) is 24.6 Å². The number of hydrogen-bond donors (Lipinski definition) is 1. The highest BCUT2D eigenvalue weighted by atomic mass is 32.2. The van der Waals surface area contributed by atoms with Crippen molar-refractivity contribution in [2.75, 3.05) is 12.9 Å². The topological polar surface area (TPSA) is 81.9 Å². The van der Waals surface area contributed by atoms with Crippen LogP contribution < -0.4 is 10.1 Å². The molecule has 1 atom stereocenters. The van der Waals surface area contributed by atoms with Gasteiger partial charge in [0.25, 0.3) is 0 Å². The van der Waals surface area contributed by atoms with E-state index in [0.717, 1.165) is 42.2 Å². The molecule has 2 fully saturated rings.